The molecule has 0 saturated carbocycles. The number of anilines is 2. The van der Waals surface area contributed by atoms with Crippen LogP contribution in [0.2, 0.25) is 0 Å². The van der Waals surface area contributed by atoms with Crippen LogP contribution in [0.5, 0.6) is 0 Å². The van der Waals surface area contributed by atoms with E-state index in [0.717, 1.165) is 16.3 Å². The van der Waals surface area contributed by atoms with Gasteiger partial charge in [0.2, 0.25) is 0 Å². The standard InChI is InChI=1S/C25H26N4O5/c1-28(2)17-8-6-16(7-9-17)12-26-29-23(33)19-5-3-4-18-21(27-25(13-30,14-31)15-32)11-10-20(22(18)19)24(29)34/h3-12,27,30-32H,13-15H2,1-2H3/b26-12-. The second-order valence-corrected chi connectivity index (χ2v) is 8.42. The summed E-state index contributed by atoms with van der Waals surface area (Å²) in [5, 5.41) is 38.0. The van der Waals surface area contributed by atoms with Crippen LogP contribution < -0.4 is 10.2 Å². The summed E-state index contributed by atoms with van der Waals surface area (Å²) in [4.78, 5) is 28.3. The van der Waals surface area contributed by atoms with Crippen LogP contribution in [0.1, 0.15) is 26.3 Å². The average molecular weight is 463 g/mol. The van der Waals surface area contributed by atoms with Crippen LogP contribution in [0.3, 0.4) is 0 Å². The first-order chi connectivity index (χ1) is 16.3. The minimum Gasteiger partial charge on any atom is -0.394 e. The summed E-state index contributed by atoms with van der Waals surface area (Å²) in [6.07, 6.45) is 1.47. The number of carbonyl (C=O) groups excluding carboxylic acids is 2. The molecule has 0 fully saturated rings. The third-order valence-corrected chi connectivity index (χ3v) is 5.93. The summed E-state index contributed by atoms with van der Waals surface area (Å²) in [5.41, 5.74) is 1.47. The molecule has 0 spiro atoms. The Balaban J connectivity index is 1.71. The van der Waals surface area contributed by atoms with Gasteiger partial charge >= 0.3 is 0 Å². The SMILES string of the molecule is CN(C)c1ccc(/C=N\N2C(=O)c3cccc4c(NC(CO)(CO)CO)ccc(c34)C2=O)cc1. The van der Waals surface area contributed by atoms with Gasteiger partial charge in [-0.25, -0.2) is 0 Å². The number of nitrogens with one attached hydrogen (secondary N) is 1. The maximum absolute atomic E-state index is 13.2. The van der Waals surface area contributed by atoms with E-state index in [2.05, 4.69) is 10.4 Å². The summed E-state index contributed by atoms with van der Waals surface area (Å²) in [6.45, 7) is -1.55. The van der Waals surface area contributed by atoms with Crippen molar-refractivity contribution in [2.45, 2.75) is 5.54 Å². The molecule has 0 saturated heterocycles. The summed E-state index contributed by atoms with van der Waals surface area (Å²) < 4.78 is 0. The number of aliphatic hydroxyl groups excluding tert-OH is 3. The molecule has 1 aliphatic heterocycles. The van der Waals surface area contributed by atoms with Gasteiger partial charge in [0.05, 0.1) is 37.2 Å². The summed E-state index contributed by atoms with van der Waals surface area (Å²) in [7, 11) is 3.87. The second kappa shape index (κ2) is 9.22. The number of carbonyl (C=O) groups is 2. The van der Waals surface area contributed by atoms with Gasteiger partial charge in [0, 0.05) is 36.2 Å². The Morgan fingerprint density at radius 3 is 2.12 bits per heavy atom. The molecule has 3 aromatic carbocycles. The van der Waals surface area contributed by atoms with Crippen molar-refractivity contribution in [2.24, 2.45) is 5.10 Å². The van der Waals surface area contributed by atoms with E-state index in [1.54, 1.807) is 30.3 Å². The molecule has 3 aromatic rings. The van der Waals surface area contributed by atoms with Crippen LogP contribution in [-0.4, -0.2) is 77.8 Å². The molecule has 1 aliphatic rings. The lowest BCUT2D eigenvalue weighted by Gasteiger charge is -2.31. The Hall–Kier alpha value is -3.79. The first-order valence-corrected chi connectivity index (χ1v) is 10.7. The highest BCUT2D eigenvalue weighted by atomic mass is 16.3. The average Bonchev–Trinajstić information content (AvgIpc) is 2.86. The van der Waals surface area contributed by atoms with Crippen molar-refractivity contribution >= 4 is 40.2 Å². The van der Waals surface area contributed by atoms with Crippen LogP contribution in [0, 0.1) is 0 Å². The zero-order chi connectivity index (χ0) is 24.5. The summed E-state index contributed by atoms with van der Waals surface area (Å²) in [6, 6.07) is 15.7. The van der Waals surface area contributed by atoms with Crippen LogP contribution >= 0.6 is 0 Å². The largest absolute Gasteiger partial charge is 0.394 e. The molecule has 4 rings (SSSR count). The molecule has 176 valence electrons. The van der Waals surface area contributed by atoms with Crippen LogP contribution in [-0.2, 0) is 0 Å². The molecule has 2 amide bonds. The molecule has 0 unspecified atom stereocenters. The molecule has 1 heterocycles. The van der Waals surface area contributed by atoms with Crippen LogP contribution in [0.4, 0.5) is 11.4 Å². The van der Waals surface area contributed by atoms with Gasteiger partial charge in [0.25, 0.3) is 11.8 Å². The Bertz CT molecular complexity index is 1240. The lowest BCUT2D eigenvalue weighted by atomic mass is 9.92. The molecule has 0 bridgehead atoms. The number of nitrogens with zero attached hydrogens (tertiary/aromatic N) is 3. The van der Waals surface area contributed by atoms with E-state index in [9.17, 15) is 24.9 Å². The van der Waals surface area contributed by atoms with Gasteiger partial charge in [-0.3, -0.25) is 9.59 Å². The molecular weight excluding hydrogens is 436 g/mol. The molecule has 9 heteroatoms. The number of hydrazone groups is 1. The molecule has 0 aliphatic carbocycles. The number of aliphatic hydroxyl groups is 3. The lowest BCUT2D eigenvalue weighted by Crippen LogP contribution is -2.49. The molecule has 0 radical (unpaired) electrons. The van der Waals surface area contributed by atoms with E-state index in [4.69, 9.17) is 0 Å². The zero-order valence-electron chi connectivity index (χ0n) is 18.9. The van der Waals surface area contributed by atoms with Crippen molar-refractivity contribution in [2.75, 3.05) is 44.1 Å². The van der Waals surface area contributed by atoms with Gasteiger partial charge in [0.15, 0.2) is 0 Å². The molecular formula is C25H26N4O5. The minimum atomic E-state index is -1.36. The minimum absolute atomic E-state index is 0.304. The van der Waals surface area contributed by atoms with Gasteiger partial charge in [-0.2, -0.15) is 10.1 Å². The van der Waals surface area contributed by atoms with Gasteiger partial charge in [-0.1, -0.05) is 24.3 Å². The molecule has 4 N–H and O–H groups in total. The van der Waals surface area contributed by atoms with E-state index >= 15 is 0 Å². The Kier molecular flexibility index (Phi) is 6.34. The molecule has 0 atom stereocenters. The van der Waals surface area contributed by atoms with Gasteiger partial charge in [-0.15, -0.1) is 0 Å². The number of rotatable bonds is 8. The third kappa shape index (κ3) is 4.01. The van der Waals surface area contributed by atoms with E-state index in [1.807, 2.05) is 43.3 Å². The number of benzene rings is 3. The van der Waals surface area contributed by atoms with Gasteiger partial charge < -0.3 is 25.5 Å². The monoisotopic (exact) mass is 462 g/mol. The maximum Gasteiger partial charge on any atom is 0.282 e. The third-order valence-electron chi connectivity index (χ3n) is 5.93. The predicted molar refractivity (Wildman–Crippen MR) is 130 cm³/mol. The highest BCUT2D eigenvalue weighted by Crippen LogP contribution is 2.35. The second-order valence-electron chi connectivity index (χ2n) is 8.42. The van der Waals surface area contributed by atoms with Crippen molar-refractivity contribution in [3.8, 4) is 0 Å². The number of hydrogen-bond donors (Lipinski definition) is 4. The van der Waals surface area contributed by atoms with Crippen LogP contribution in [0.25, 0.3) is 10.8 Å². The van der Waals surface area contributed by atoms with Crippen LogP contribution in [0.15, 0.2) is 59.7 Å². The fourth-order valence-corrected chi connectivity index (χ4v) is 3.83. The van der Waals surface area contributed by atoms with Gasteiger partial charge in [0.1, 0.15) is 5.54 Å². The first kappa shape index (κ1) is 23.4. The zero-order valence-corrected chi connectivity index (χ0v) is 18.9. The summed E-state index contributed by atoms with van der Waals surface area (Å²) in [5.74, 6) is -1.11. The number of hydrogen-bond acceptors (Lipinski definition) is 8. The normalized spacial score (nSPS) is 13.7. The van der Waals surface area contributed by atoms with Crippen molar-refractivity contribution in [1.82, 2.24) is 5.01 Å². The van der Waals surface area contributed by atoms with E-state index in [-0.39, 0.29) is 0 Å². The van der Waals surface area contributed by atoms with E-state index in [0.29, 0.717) is 27.6 Å². The highest BCUT2D eigenvalue weighted by molar-refractivity contribution is 6.26. The van der Waals surface area contributed by atoms with E-state index in [1.165, 1.54) is 6.21 Å². The quantitative estimate of drug-likeness (QED) is 0.296. The lowest BCUT2D eigenvalue weighted by molar-refractivity contribution is 0.0616. The Morgan fingerprint density at radius 2 is 1.53 bits per heavy atom. The molecule has 34 heavy (non-hydrogen) atoms. The van der Waals surface area contributed by atoms with Gasteiger partial charge in [-0.05, 0) is 35.9 Å². The predicted octanol–water partition coefficient (Wildman–Crippen LogP) is 1.66. The Labute approximate surface area is 196 Å². The topological polar surface area (TPSA) is 126 Å². The molecule has 9 nitrogen and oxygen atoms in total. The number of amides is 2. The highest BCUT2D eigenvalue weighted by Gasteiger charge is 2.34. The van der Waals surface area contributed by atoms with Crippen molar-refractivity contribution in [3.63, 3.8) is 0 Å². The maximum atomic E-state index is 13.2. The fraction of sp³-hybridized carbons (Fsp3) is 0.240. The number of imide groups is 1. The van der Waals surface area contributed by atoms with E-state index < -0.39 is 37.2 Å². The first-order valence-electron chi connectivity index (χ1n) is 10.7. The molecule has 0 aromatic heterocycles. The van der Waals surface area contributed by atoms with Crippen molar-refractivity contribution < 1.29 is 24.9 Å². The van der Waals surface area contributed by atoms with Crippen molar-refractivity contribution in [1.29, 1.82) is 0 Å². The Morgan fingerprint density at radius 1 is 0.912 bits per heavy atom. The van der Waals surface area contributed by atoms with Crippen molar-refractivity contribution in [3.05, 3.63) is 71.3 Å². The summed E-state index contributed by atoms with van der Waals surface area (Å²) >= 11 is 0. The fourth-order valence-electron chi connectivity index (χ4n) is 3.83. The smallest absolute Gasteiger partial charge is 0.282 e.